The van der Waals surface area contributed by atoms with Crippen LogP contribution in [0.25, 0.3) is 0 Å². The van der Waals surface area contributed by atoms with Gasteiger partial charge in [-0.3, -0.25) is 0 Å². The summed E-state index contributed by atoms with van der Waals surface area (Å²) < 4.78 is 0. The number of nitrogens with zero attached hydrogens (tertiary/aromatic N) is 1. The highest BCUT2D eigenvalue weighted by Crippen LogP contribution is 2.17. The number of hydrogen-bond acceptors (Lipinski definition) is 5. The quantitative estimate of drug-likeness (QED) is 0.421. The summed E-state index contributed by atoms with van der Waals surface area (Å²) in [5, 5.41) is 8.80. The first kappa shape index (κ1) is 6.97. The number of nitrogens with two attached hydrogens (primary N) is 1. The number of anilines is 1. The molecule has 5 nitrogen and oxygen atoms in total. The number of hydrazine groups is 1. The molecular formula is C4H5N3O2S. The minimum Gasteiger partial charge on any atom is -0.476 e. The van der Waals surface area contributed by atoms with E-state index in [1.165, 1.54) is 5.51 Å². The summed E-state index contributed by atoms with van der Waals surface area (Å²) in [6.07, 6.45) is 0. The van der Waals surface area contributed by atoms with Gasteiger partial charge in [0.05, 0.1) is 5.51 Å². The summed E-state index contributed by atoms with van der Waals surface area (Å²) >= 11 is 1.15. The van der Waals surface area contributed by atoms with E-state index in [-0.39, 0.29) is 5.69 Å². The molecule has 1 aromatic heterocycles. The molecule has 4 N–H and O–H groups in total. The van der Waals surface area contributed by atoms with Gasteiger partial charge in [-0.15, -0.1) is 11.3 Å². The van der Waals surface area contributed by atoms with Crippen molar-refractivity contribution in [1.82, 2.24) is 4.98 Å². The first-order valence-corrected chi connectivity index (χ1v) is 3.27. The fourth-order valence-electron chi connectivity index (χ4n) is 0.501. The third kappa shape index (κ3) is 1.07. The van der Waals surface area contributed by atoms with Crippen LogP contribution in [0.4, 0.5) is 5.00 Å². The number of aromatic nitrogens is 1. The Bertz CT molecular complexity index is 246. The molecule has 0 amide bonds. The zero-order valence-corrected chi connectivity index (χ0v) is 5.68. The number of hydrogen-bond donors (Lipinski definition) is 3. The fourth-order valence-corrected chi connectivity index (χ4v) is 1.08. The van der Waals surface area contributed by atoms with E-state index in [0.29, 0.717) is 5.00 Å². The van der Waals surface area contributed by atoms with Gasteiger partial charge in [0, 0.05) is 0 Å². The highest BCUT2D eigenvalue weighted by atomic mass is 32.1. The van der Waals surface area contributed by atoms with E-state index in [1.54, 1.807) is 0 Å². The van der Waals surface area contributed by atoms with Gasteiger partial charge in [0.15, 0.2) is 5.69 Å². The number of rotatable bonds is 2. The highest BCUT2D eigenvalue weighted by Gasteiger charge is 2.11. The lowest BCUT2D eigenvalue weighted by Gasteiger charge is -1.92. The monoisotopic (exact) mass is 159 g/mol. The van der Waals surface area contributed by atoms with Crippen molar-refractivity contribution in [3.05, 3.63) is 11.2 Å². The molecule has 0 aliphatic carbocycles. The Labute approximate surface area is 60.5 Å². The molecule has 6 heteroatoms. The van der Waals surface area contributed by atoms with Crippen LogP contribution in [0.3, 0.4) is 0 Å². The Balaban J connectivity index is 3.01. The standard InChI is InChI=1S/C4H5N3O2S/c5-7-3-2(4(8)9)6-1-10-3/h1,7H,5H2,(H,8,9). The number of carbonyl (C=O) groups is 1. The Morgan fingerprint density at radius 3 is 3.00 bits per heavy atom. The van der Waals surface area contributed by atoms with Crippen molar-refractivity contribution in [3.63, 3.8) is 0 Å². The van der Waals surface area contributed by atoms with Crippen LogP contribution in [-0.2, 0) is 0 Å². The van der Waals surface area contributed by atoms with Crippen LogP contribution in [0, 0.1) is 0 Å². The van der Waals surface area contributed by atoms with Gasteiger partial charge in [0.1, 0.15) is 5.00 Å². The summed E-state index contributed by atoms with van der Waals surface area (Å²) in [5.74, 6) is 3.92. The van der Waals surface area contributed by atoms with Crippen LogP contribution in [0.5, 0.6) is 0 Å². The van der Waals surface area contributed by atoms with Crippen LogP contribution in [0.1, 0.15) is 10.5 Å². The zero-order valence-electron chi connectivity index (χ0n) is 4.87. The Morgan fingerprint density at radius 2 is 2.60 bits per heavy atom. The third-order valence-electron chi connectivity index (χ3n) is 0.901. The molecule has 1 rings (SSSR count). The maximum absolute atomic E-state index is 10.3. The maximum Gasteiger partial charge on any atom is 0.357 e. The van der Waals surface area contributed by atoms with Crippen molar-refractivity contribution in [3.8, 4) is 0 Å². The van der Waals surface area contributed by atoms with Gasteiger partial charge in [0.25, 0.3) is 0 Å². The lowest BCUT2D eigenvalue weighted by Crippen LogP contribution is -2.09. The average Bonchev–Trinajstić information content (AvgIpc) is 2.33. The largest absolute Gasteiger partial charge is 0.476 e. The van der Waals surface area contributed by atoms with Crippen LogP contribution in [0.15, 0.2) is 5.51 Å². The molecule has 0 saturated carbocycles. The number of carboxylic acids is 1. The Kier molecular flexibility index (Phi) is 1.83. The summed E-state index contributed by atoms with van der Waals surface area (Å²) in [4.78, 5) is 13.9. The van der Waals surface area contributed by atoms with Gasteiger partial charge in [0.2, 0.25) is 0 Å². The molecule has 0 radical (unpaired) electrons. The van der Waals surface area contributed by atoms with Crippen molar-refractivity contribution in [2.75, 3.05) is 5.43 Å². The predicted octanol–water partition coefficient (Wildman–Crippen LogP) is 0.127. The second-order valence-electron chi connectivity index (χ2n) is 1.48. The van der Waals surface area contributed by atoms with Gasteiger partial charge >= 0.3 is 5.97 Å². The number of thiazole rings is 1. The van der Waals surface area contributed by atoms with E-state index in [0.717, 1.165) is 11.3 Å². The topological polar surface area (TPSA) is 88.2 Å². The second-order valence-corrected chi connectivity index (χ2v) is 2.33. The van der Waals surface area contributed by atoms with Gasteiger partial charge in [-0.25, -0.2) is 15.6 Å². The summed E-state index contributed by atoms with van der Waals surface area (Å²) in [5.41, 5.74) is 3.61. The molecule has 54 valence electrons. The molecule has 1 aromatic rings. The van der Waals surface area contributed by atoms with Gasteiger partial charge in [-0.2, -0.15) is 0 Å². The SMILES string of the molecule is NNc1scnc1C(=O)O. The van der Waals surface area contributed by atoms with E-state index >= 15 is 0 Å². The van der Waals surface area contributed by atoms with Crippen molar-refractivity contribution in [1.29, 1.82) is 0 Å². The molecule has 0 saturated heterocycles. The Hall–Kier alpha value is -1.14. The summed E-state index contributed by atoms with van der Waals surface area (Å²) in [6.45, 7) is 0. The van der Waals surface area contributed by atoms with Crippen LogP contribution in [0.2, 0.25) is 0 Å². The van der Waals surface area contributed by atoms with Crippen molar-refractivity contribution < 1.29 is 9.90 Å². The minimum atomic E-state index is -1.07. The molecule has 0 bridgehead atoms. The van der Waals surface area contributed by atoms with E-state index in [9.17, 15) is 4.79 Å². The molecule has 0 aromatic carbocycles. The predicted molar refractivity (Wildman–Crippen MR) is 36.9 cm³/mol. The van der Waals surface area contributed by atoms with E-state index in [4.69, 9.17) is 10.9 Å². The molecule has 0 fully saturated rings. The molecule has 0 spiro atoms. The molecular weight excluding hydrogens is 154 g/mol. The Morgan fingerprint density at radius 1 is 1.90 bits per heavy atom. The smallest absolute Gasteiger partial charge is 0.357 e. The summed E-state index contributed by atoms with van der Waals surface area (Å²) in [7, 11) is 0. The molecule has 10 heavy (non-hydrogen) atoms. The van der Waals surface area contributed by atoms with Crippen molar-refractivity contribution in [2.45, 2.75) is 0 Å². The first-order valence-electron chi connectivity index (χ1n) is 2.39. The second kappa shape index (κ2) is 2.63. The maximum atomic E-state index is 10.3. The zero-order chi connectivity index (χ0) is 7.56. The van der Waals surface area contributed by atoms with E-state index < -0.39 is 5.97 Å². The third-order valence-corrected chi connectivity index (χ3v) is 1.66. The van der Waals surface area contributed by atoms with Crippen LogP contribution >= 0.6 is 11.3 Å². The van der Waals surface area contributed by atoms with Crippen molar-refractivity contribution in [2.24, 2.45) is 5.84 Å². The van der Waals surface area contributed by atoms with Crippen LogP contribution in [-0.4, -0.2) is 16.1 Å². The molecule has 0 aliphatic heterocycles. The van der Waals surface area contributed by atoms with E-state index in [1.807, 2.05) is 0 Å². The molecule has 0 unspecified atom stereocenters. The van der Waals surface area contributed by atoms with E-state index in [2.05, 4.69) is 10.4 Å². The first-order chi connectivity index (χ1) is 4.75. The average molecular weight is 159 g/mol. The van der Waals surface area contributed by atoms with Gasteiger partial charge in [-0.05, 0) is 0 Å². The van der Waals surface area contributed by atoms with Gasteiger partial charge < -0.3 is 10.5 Å². The lowest BCUT2D eigenvalue weighted by atomic mass is 10.5. The lowest BCUT2D eigenvalue weighted by molar-refractivity contribution is 0.0692. The van der Waals surface area contributed by atoms with Crippen molar-refractivity contribution >= 4 is 22.3 Å². The number of nitrogen functional groups attached to an aromatic ring is 1. The molecule has 1 heterocycles. The number of aromatic carboxylic acids is 1. The number of carboxylic acid groups (broad SMARTS) is 1. The summed E-state index contributed by atoms with van der Waals surface area (Å²) in [6, 6.07) is 0. The number of nitrogens with one attached hydrogen (secondary N) is 1. The molecule has 0 aliphatic rings. The highest BCUT2D eigenvalue weighted by molar-refractivity contribution is 7.14. The molecule has 0 atom stereocenters. The van der Waals surface area contributed by atoms with Gasteiger partial charge in [-0.1, -0.05) is 0 Å². The van der Waals surface area contributed by atoms with Crippen LogP contribution < -0.4 is 11.3 Å². The fraction of sp³-hybridized carbons (Fsp3) is 0. The normalized spacial score (nSPS) is 9.30. The minimum absolute atomic E-state index is 0.0347.